The minimum Gasteiger partial charge on any atom is -0.310 e. The smallest absolute Gasteiger partial charge is 0.310 e. The third-order valence-corrected chi connectivity index (χ3v) is 8.40. The van der Waals surface area contributed by atoms with Crippen LogP contribution in [-0.4, -0.2) is 61.3 Å². The fraction of sp³-hybridized carbons (Fsp3) is 0.692. The second-order valence-electron chi connectivity index (χ2n) is 10.4. The van der Waals surface area contributed by atoms with Crippen LogP contribution < -0.4 is 9.62 Å². The summed E-state index contributed by atoms with van der Waals surface area (Å²) < 4.78 is 84.6. The number of urea groups is 1. The molecule has 1 aromatic carbocycles. The summed E-state index contributed by atoms with van der Waals surface area (Å²) in [5.74, 6) is -3.94. The number of halogens is 5. The molecule has 3 amide bonds. The van der Waals surface area contributed by atoms with Crippen molar-refractivity contribution in [2.24, 2.45) is 0 Å². The molecule has 0 radical (unpaired) electrons. The summed E-state index contributed by atoms with van der Waals surface area (Å²) in [5, 5.41) is 0. The monoisotopic (exact) mass is 615 g/mol. The number of carbonyl (C=O) groups is 2. The Hall–Kier alpha value is -1.93. The topological polar surface area (TPSA) is 90.0 Å². The number of amides is 3. The number of unbranched alkanes of at least 4 members (excludes halogenated alkanes) is 6. The SMILES string of the molecule is Cc1cc(N2C(=O)N(CCCCCCCCCSCCCC(F)(F)C(F)(F)F)C(C)(C)C2=O)ccc1NS(=O)O. The minimum atomic E-state index is -5.48. The van der Waals surface area contributed by atoms with E-state index < -0.39 is 41.4 Å². The molecule has 0 aromatic heterocycles. The summed E-state index contributed by atoms with van der Waals surface area (Å²) in [6.45, 7) is 5.56. The largest absolute Gasteiger partial charge is 0.453 e. The molecule has 1 aliphatic heterocycles. The molecule has 1 aliphatic rings. The van der Waals surface area contributed by atoms with Gasteiger partial charge in [-0.15, -0.1) is 0 Å². The molecule has 2 N–H and O–H groups in total. The van der Waals surface area contributed by atoms with Gasteiger partial charge in [-0.3, -0.25) is 14.1 Å². The third-order valence-electron chi connectivity index (χ3n) is 6.85. The van der Waals surface area contributed by atoms with Gasteiger partial charge in [0.2, 0.25) is 0 Å². The molecular weight excluding hydrogens is 577 g/mol. The number of rotatable bonds is 17. The number of nitrogens with one attached hydrogen (secondary N) is 1. The molecule has 1 unspecified atom stereocenters. The first-order chi connectivity index (χ1) is 18.6. The quantitative estimate of drug-likeness (QED) is 0.0819. The lowest BCUT2D eigenvalue weighted by atomic mass is 10.0. The number of hydrogen-bond donors (Lipinski definition) is 2. The zero-order chi connectivity index (χ0) is 30.1. The van der Waals surface area contributed by atoms with E-state index in [1.54, 1.807) is 43.9 Å². The zero-order valence-corrected chi connectivity index (χ0v) is 24.6. The summed E-state index contributed by atoms with van der Waals surface area (Å²) in [7, 11) is 0. The lowest BCUT2D eigenvalue weighted by Gasteiger charge is -2.27. The normalized spacial score (nSPS) is 16.6. The average Bonchev–Trinajstić information content (AvgIpc) is 3.01. The Labute approximate surface area is 239 Å². The van der Waals surface area contributed by atoms with E-state index in [0.717, 1.165) is 55.6 Å². The molecule has 1 atom stereocenters. The van der Waals surface area contributed by atoms with Crippen LogP contribution in [0.5, 0.6) is 0 Å². The van der Waals surface area contributed by atoms with Crippen molar-refractivity contribution in [3.05, 3.63) is 23.8 Å². The predicted molar refractivity (Wildman–Crippen MR) is 149 cm³/mol. The fourth-order valence-corrected chi connectivity index (χ4v) is 5.81. The highest BCUT2D eigenvalue weighted by Crippen LogP contribution is 2.39. The summed E-state index contributed by atoms with van der Waals surface area (Å²) >= 11 is -0.842. The van der Waals surface area contributed by atoms with Crippen molar-refractivity contribution in [3.8, 4) is 0 Å². The van der Waals surface area contributed by atoms with Crippen LogP contribution in [0.4, 0.5) is 38.1 Å². The summed E-state index contributed by atoms with van der Waals surface area (Å²) in [6.07, 6.45) is -0.439. The van der Waals surface area contributed by atoms with Gasteiger partial charge in [0.1, 0.15) is 5.54 Å². The molecule has 2 rings (SSSR count). The summed E-state index contributed by atoms with van der Waals surface area (Å²) in [6, 6.07) is 4.33. The molecule has 228 valence electrons. The van der Waals surface area contributed by atoms with Crippen molar-refractivity contribution < 1.29 is 40.3 Å². The Kier molecular flexibility index (Phi) is 12.7. The number of hydrogen-bond acceptors (Lipinski definition) is 4. The number of aryl methyl sites for hydroxylation is 1. The number of alkyl halides is 5. The van der Waals surface area contributed by atoms with E-state index in [9.17, 15) is 35.8 Å². The van der Waals surface area contributed by atoms with Gasteiger partial charge >= 0.3 is 18.1 Å². The van der Waals surface area contributed by atoms with Gasteiger partial charge in [-0.05, 0) is 75.3 Å². The Balaban J connectivity index is 1.65. The second kappa shape index (κ2) is 14.8. The molecule has 1 fully saturated rings. The van der Waals surface area contributed by atoms with E-state index in [2.05, 4.69) is 4.72 Å². The van der Waals surface area contributed by atoms with Crippen LogP contribution in [0.15, 0.2) is 18.2 Å². The number of imide groups is 1. The van der Waals surface area contributed by atoms with Crippen molar-refractivity contribution in [1.29, 1.82) is 0 Å². The number of nitrogens with zero attached hydrogens (tertiary/aromatic N) is 2. The van der Waals surface area contributed by atoms with Crippen LogP contribution in [0.2, 0.25) is 0 Å². The van der Waals surface area contributed by atoms with E-state index >= 15 is 0 Å². The van der Waals surface area contributed by atoms with Crippen LogP contribution in [0.25, 0.3) is 0 Å². The highest BCUT2D eigenvalue weighted by molar-refractivity contribution is 7.99. The van der Waals surface area contributed by atoms with Crippen LogP contribution in [0.3, 0.4) is 0 Å². The molecule has 14 heteroatoms. The molecule has 40 heavy (non-hydrogen) atoms. The fourth-order valence-electron chi connectivity index (χ4n) is 4.43. The molecule has 1 saturated heterocycles. The third kappa shape index (κ3) is 9.30. The highest BCUT2D eigenvalue weighted by Gasteiger charge is 2.56. The Morgan fingerprint density at radius 2 is 1.52 bits per heavy atom. The van der Waals surface area contributed by atoms with E-state index in [1.165, 1.54) is 11.8 Å². The van der Waals surface area contributed by atoms with Crippen molar-refractivity contribution >= 4 is 46.3 Å². The first-order valence-electron chi connectivity index (χ1n) is 13.3. The molecule has 0 bridgehead atoms. The zero-order valence-electron chi connectivity index (χ0n) is 23.0. The number of thioether (sulfide) groups is 1. The number of carbonyl (C=O) groups excluding carboxylic acids is 2. The molecule has 0 spiro atoms. The maximum Gasteiger partial charge on any atom is 0.453 e. The van der Waals surface area contributed by atoms with Gasteiger partial charge < -0.3 is 4.90 Å². The van der Waals surface area contributed by atoms with Crippen molar-refractivity contribution in [3.63, 3.8) is 0 Å². The average molecular weight is 616 g/mol. The predicted octanol–water partition coefficient (Wildman–Crippen LogP) is 7.53. The van der Waals surface area contributed by atoms with Gasteiger partial charge in [0.25, 0.3) is 17.2 Å². The van der Waals surface area contributed by atoms with Crippen molar-refractivity contribution in [2.45, 2.75) is 96.2 Å². The van der Waals surface area contributed by atoms with Crippen LogP contribution in [0.1, 0.15) is 77.2 Å². The van der Waals surface area contributed by atoms with Crippen LogP contribution in [0, 0.1) is 6.92 Å². The molecule has 0 aliphatic carbocycles. The molecular formula is C26H38F5N3O4S2. The van der Waals surface area contributed by atoms with Crippen LogP contribution >= 0.6 is 11.8 Å². The minimum absolute atomic E-state index is 0.173. The van der Waals surface area contributed by atoms with Crippen LogP contribution in [-0.2, 0) is 16.1 Å². The van der Waals surface area contributed by atoms with Gasteiger partial charge in [0, 0.05) is 13.0 Å². The van der Waals surface area contributed by atoms with Gasteiger partial charge in [-0.1, -0.05) is 32.1 Å². The summed E-state index contributed by atoms with van der Waals surface area (Å²) in [4.78, 5) is 29.0. The maximum absolute atomic E-state index is 13.2. The maximum atomic E-state index is 13.2. The first kappa shape index (κ1) is 34.3. The number of anilines is 2. The van der Waals surface area contributed by atoms with E-state index in [4.69, 9.17) is 4.55 Å². The molecule has 7 nitrogen and oxygen atoms in total. The first-order valence-corrected chi connectivity index (χ1v) is 15.5. The van der Waals surface area contributed by atoms with Gasteiger partial charge in [-0.25, -0.2) is 13.9 Å². The summed E-state index contributed by atoms with van der Waals surface area (Å²) in [5.41, 5.74) is 0.427. The lowest BCUT2D eigenvalue weighted by Crippen LogP contribution is -2.44. The Morgan fingerprint density at radius 3 is 2.10 bits per heavy atom. The van der Waals surface area contributed by atoms with E-state index in [0.29, 0.717) is 23.5 Å². The van der Waals surface area contributed by atoms with Crippen molar-refractivity contribution in [2.75, 3.05) is 27.7 Å². The van der Waals surface area contributed by atoms with Crippen molar-refractivity contribution in [1.82, 2.24) is 4.90 Å². The van der Waals surface area contributed by atoms with E-state index in [1.807, 2.05) is 0 Å². The molecule has 0 saturated carbocycles. The highest BCUT2D eigenvalue weighted by atomic mass is 32.2. The van der Waals surface area contributed by atoms with E-state index in [-0.39, 0.29) is 18.1 Å². The molecule has 1 heterocycles. The lowest BCUT2D eigenvalue weighted by molar-refractivity contribution is -0.284. The van der Waals surface area contributed by atoms with Gasteiger partial charge in [-0.2, -0.15) is 33.7 Å². The second-order valence-corrected chi connectivity index (χ2v) is 12.3. The molecule has 1 aromatic rings. The Bertz CT molecular complexity index is 1040. The standard InChI is InChI=1S/C26H38F5N3O4S2/c1-19-18-20(12-13-21(19)32-40(37)38)34-22(35)24(2,3)33(23(34)36)15-9-7-5-4-6-8-10-16-39-17-11-14-25(27,28)26(29,30)31/h12-13,18,32H,4-11,14-17H2,1-3H3,(H,37,38). The number of benzene rings is 1. The van der Waals surface area contributed by atoms with Gasteiger partial charge in [0.05, 0.1) is 11.4 Å². The Morgan fingerprint density at radius 1 is 0.950 bits per heavy atom. The van der Waals surface area contributed by atoms with Gasteiger partial charge in [0.15, 0.2) is 0 Å².